The number of guanidine groups is 1. The number of halogens is 2. The van der Waals surface area contributed by atoms with Gasteiger partial charge in [0.25, 0.3) is 0 Å². The number of nitrogens with zero attached hydrogens (tertiary/aromatic N) is 2. The quantitative estimate of drug-likeness (QED) is 0.926. The topological polar surface area (TPSA) is 50.8 Å². The van der Waals surface area contributed by atoms with E-state index < -0.39 is 5.82 Å². The van der Waals surface area contributed by atoms with Crippen molar-refractivity contribution in [3.05, 3.63) is 58.8 Å². The zero-order chi connectivity index (χ0) is 14.0. The third kappa shape index (κ3) is 2.88. The highest BCUT2D eigenvalue weighted by Gasteiger charge is 2.16. The standard InChI is InChI=1S/C13H13ClFN3O/c1-8-12(19-2)7-18(13(16)17-8)6-9-3-4-11(15)10(14)5-9/h3-5,7H,1,6H2,2H3,(H2,16,17). The fraction of sp³-hybridized carbons (Fsp3) is 0.154. The summed E-state index contributed by atoms with van der Waals surface area (Å²) in [6.45, 7) is 4.14. The summed E-state index contributed by atoms with van der Waals surface area (Å²) in [7, 11) is 1.53. The Morgan fingerprint density at radius 3 is 2.89 bits per heavy atom. The van der Waals surface area contributed by atoms with E-state index >= 15 is 0 Å². The van der Waals surface area contributed by atoms with Crippen molar-refractivity contribution in [3.63, 3.8) is 0 Å². The molecular weight excluding hydrogens is 269 g/mol. The molecule has 4 nitrogen and oxygen atoms in total. The number of hydrogen-bond donors (Lipinski definition) is 1. The van der Waals surface area contributed by atoms with Gasteiger partial charge in [-0.1, -0.05) is 24.2 Å². The number of hydrogen-bond acceptors (Lipinski definition) is 4. The van der Waals surface area contributed by atoms with Gasteiger partial charge in [0.05, 0.1) is 24.9 Å². The Hall–Kier alpha value is -2.01. The van der Waals surface area contributed by atoms with Crippen molar-refractivity contribution in [3.8, 4) is 0 Å². The van der Waals surface area contributed by atoms with Gasteiger partial charge in [0.15, 0.2) is 5.76 Å². The maximum absolute atomic E-state index is 13.1. The van der Waals surface area contributed by atoms with Crippen molar-refractivity contribution >= 4 is 17.6 Å². The number of nitrogens with two attached hydrogens (primary N) is 1. The summed E-state index contributed by atoms with van der Waals surface area (Å²) in [5.41, 5.74) is 7.09. The van der Waals surface area contributed by atoms with Crippen molar-refractivity contribution in [1.82, 2.24) is 4.90 Å². The summed E-state index contributed by atoms with van der Waals surface area (Å²) in [4.78, 5) is 5.76. The normalized spacial score (nSPS) is 15.1. The summed E-state index contributed by atoms with van der Waals surface area (Å²) in [6, 6.07) is 4.50. The van der Waals surface area contributed by atoms with Crippen LogP contribution < -0.4 is 5.73 Å². The van der Waals surface area contributed by atoms with Crippen LogP contribution in [0.15, 0.2) is 47.4 Å². The average molecular weight is 282 g/mol. The van der Waals surface area contributed by atoms with Crippen molar-refractivity contribution in [2.24, 2.45) is 10.7 Å². The Labute approximate surface area is 115 Å². The second-order valence-corrected chi connectivity index (χ2v) is 4.40. The van der Waals surface area contributed by atoms with Crippen LogP contribution in [0.25, 0.3) is 0 Å². The van der Waals surface area contributed by atoms with Crippen LogP contribution in [0.5, 0.6) is 0 Å². The van der Waals surface area contributed by atoms with Gasteiger partial charge in [0, 0.05) is 0 Å². The lowest BCUT2D eigenvalue weighted by atomic mass is 10.2. The monoisotopic (exact) mass is 281 g/mol. The fourth-order valence-electron chi connectivity index (χ4n) is 1.67. The number of rotatable bonds is 3. The smallest absolute Gasteiger partial charge is 0.201 e. The van der Waals surface area contributed by atoms with Gasteiger partial charge in [-0.15, -0.1) is 0 Å². The highest BCUT2D eigenvalue weighted by Crippen LogP contribution is 2.21. The predicted octanol–water partition coefficient (Wildman–Crippen LogP) is 2.61. The summed E-state index contributed by atoms with van der Waals surface area (Å²) in [5.74, 6) is 0.376. The molecule has 1 aromatic carbocycles. The third-order valence-electron chi connectivity index (χ3n) is 2.66. The molecule has 0 saturated heterocycles. The molecule has 0 unspecified atom stereocenters. The SMILES string of the molecule is C=C1N=C(N)N(Cc2ccc(F)c(Cl)c2)C=C1OC. The largest absolute Gasteiger partial charge is 0.493 e. The molecule has 2 rings (SSSR count). The van der Waals surface area contributed by atoms with E-state index in [0.717, 1.165) is 5.56 Å². The van der Waals surface area contributed by atoms with E-state index in [-0.39, 0.29) is 5.02 Å². The number of ether oxygens (including phenoxy) is 1. The highest BCUT2D eigenvalue weighted by molar-refractivity contribution is 6.30. The van der Waals surface area contributed by atoms with Crippen molar-refractivity contribution in [2.75, 3.05) is 7.11 Å². The van der Waals surface area contributed by atoms with Gasteiger partial charge in [0.2, 0.25) is 5.96 Å². The summed E-state index contributed by atoms with van der Waals surface area (Å²) >= 11 is 5.74. The maximum atomic E-state index is 13.1. The molecular formula is C13H13ClFN3O. The Bertz CT molecular complexity index is 583. The third-order valence-corrected chi connectivity index (χ3v) is 2.95. The zero-order valence-electron chi connectivity index (χ0n) is 10.4. The molecule has 1 aliphatic heterocycles. The molecule has 0 atom stereocenters. The van der Waals surface area contributed by atoms with E-state index in [2.05, 4.69) is 11.6 Å². The van der Waals surface area contributed by atoms with Crippen LogP contribution in [0.3, 0.4) is 0 Å². The zero-order valence-corrected chi connectivity index (χ0v) is 11.1. The molecule has 1 heterocycles. The Morgan fingerprint density at radius 1 is 1.53 bits per heavy atom. The summed E-state index contributed by atoms with van der Waals surface area (Å²) < 4.78 is 18.2. The Morgan fingerprint density at radius 2 is 2.26 bits per heavy atom. The van der Waals surface area contributed by atoms with Gasteiger partial charge >= 0.3 is 0 Å². The molecule has 0 aliphatic carbocycles. The summed E-state index contributed by atoms with van der Waals surface area (Å²) in [6.07, 6.45) is 1.70. The lowest BCUT2D eigenvalue weighted by Gasteiger charge is -2.24. The maximum Gasteiger partial charge on any atom is 0.201 e. The minimum atomic E-state index is -0.452. The van der Waals surface area contributed by atoms with Gasteiger partial charge in [-0.05, 0) is 17.7 Å². The van der Waals surface area contributed by atoms with E-state index in [1.54, 1.807) is 23.2 Å². The van der Waals surface area contributed by atoms with Crippen LogP contribution in [0.2, 0.25) is 5.02 Å². The molecule has 0 fully saturated rings. The molecule has 0 saturated carbocycles. The second kappa shape index (κ2) is 5.32. The van der Waals surface area contributed by atoms with E-state index in [1.165, 1.54) is 13.2 Å². The molecule has 19 heavy (non-hydrogen) atoms. The van der Waals surface area contributed by atoms with Gasteiger partial charge in [-0.3, -0.25) is 0 Å². The molecule has 6 heteroatoms. The lowest BCUT2D eigenvalue weighted by molar-refractivity contribution is 0.287. The van der Waals surface area contributed by atoms with Crippen LogP contribution >= 0.6 is 11.6 Å². The molecule has 0 spiro atoms. The molecule has 100 valence electrons. The van der Waals surface area contributed by atoms with E-state index in [1.807, 2.05) is 0 Å². The van der Waals surface area contributed by atoms with Gasteiger partial charge in [0.1, 0.15) is 11.5 Å². The van der Waals surface area contributed by atoms with Gasteiger partial charge < -0.3 is 15.4 Å². The Kier molecular flexibility index (Phi) is 3.76. The molecule has 1 aliphatic rings. The van der Waals surface area contributed by atoms with Crippen LogP contribution in [0, 0.1) is 5.82 Å². The number of benzene rings is 1. The van der Waals surface area contributed by atoms with Gasteiger partial charge in [-0.2, -0.15) is 0 Å². The minimum Gasteiger partial charge on any atom is -0.493 e. The van der Waals surface area contributed by atoms with Crippen LogP contribution in [-0.2, 0) is 11.3 Å². The van der Waals surface area contributed by atoms with Crippen molar-refractivity contribution in [2.45, 2.75) is 6.54 Å². The van der Waals surface area contributed by atoms with Crippen molar-refractivity contribution in [1.29, 1.82) is 0 Å². The van der Waals surface area contributed by atoms with Crippen LogP contribution in [0.4, 0.5) is 4.39 Å². The first kappa shape index (κ1) is 13.4. The van der Waals surface area contributed by atoms with E-state index in [9.17, 15) is 4.39 Å². The summed E-state index contributed by atoms with van der Waals surface area (Å²) in [5, 5.41) is 0.0744. The average Bonchev–Trinajstić information content (AvgIpc) is 2.37. The van der Waals surface area contributed by atoms with Crippen LogP contribution in [0.1, 0.15) is 5.56 Å². The number of aliphatic imine (C=N–C) groups is 1. The Balaban J connectivity index is 2.22. The molecule has 0 radical (unpaired) electrons. The lowest BCUT2D eigenvalue weighted by Crippen LogP contribution is -2.35. The van der Waals surface area contributed by atoms with Gasteiger partial charge in [-0.25, -0.2) is 9.38 Å². The second-order valence-electron chi connectivity index (χ2n) is 3.99. The molecule has 0 amide bonds. The number of methoxy groups -OCH3 is 1. The first-order valence-electron chi connectivity index (χ1n) is 5.51. The van der Waals surface area contributed by atoms with Crippen molar-refractivity contribution < 1.29 is 9.13 Å². The first-order valence-corrected chi connectivity index (χ1v) is 5.89. The fourth-order valence-corrected chi connectivity index (χ4v) is 1.87. The van der Waals surface area contributed by atoms with E-state index in [4.69, 9.17) is 22.1 Å². The van der Waals surface area contributed by atoms with Crippen LogP contribution in [-0.4, -0.2) is 18.0 Å². The predicted molar refractivity (Wildman–Crippen MR) is 72.8 cm³/mol. The molecule has 1 aromatic rings. The molecule has 2 N–H and O–H groups in total. The first-order chi connectivity index (χ1) is 9.01. The minimum absolute atomic E-state index is 0.0744. The van der Waals surface area contributed by atoms with E-state index in [0.29, 0.717) is 24.0 Å². The molecule has 0 bridgehead atoms. The highest BCUT2D eigenvalue weighted by atomic mass is 35.5. The molecule has 0 aromatic heterocycles.